The standard InChI is InChI=1S/C22H23N3O7/c1-30-16-8-9-17(18(11-16)31-2)25-12-15(10-20(25)27)22(29)32-13-19(26)23-24-21(28)14-6-4-3-5-7-14/h3-9,11,15H,10,12-13H2,1-2H3,(H,23,26)(H,24,28)/t15-/m0/s1. The number of carbonyl (C=O) groups excluding carboxylic acids is 4. The number of esters is 1. The van der Waals surface area contributed by atoms with Crippen molar-refractivity contribution in [1.29, 1.82) is 0 Å². The van der Waals surface area contributed by atoms with Gasteiger partial charge in [0.05, 0.1) is 25.8 Å². The molecular formula is C22H23N3O7. The van der Waals surface area contributed by atoms with Crippen LogP contribution >= 0.6 is 0 Å². The minimum Gasteiger partial charge on any atom is -0.497 e. The Labute approximate surface area is 184 Å². The van der Waals surface area contributed by atoms with Crippen LogP contribution in [0.1, 0.15) is 16.8 Å². The van der Waals surface area contributed by atoms with E-state index in [1.165, 1.54) is 19.1 Å². The van der Waals surface area contributed by atoms with E-state index in [0.29, 0.717) is 22.7 Å². The van der Waals surface area contributed by atoms with Crippen molar-refractivity contribution in [3.8, 4) is 11.5 Å². The normalized spacial score (nSPS) is 15.1. The van der Waals surface area contributed by atoms with Gasteiger partial charge in [0.2, 0.25) is 5.91 Å². The van der Waals surface area contributed by atoms with Gasteiger partial charge in [0, 0.05) is 24.6 Å². The molecule has 0 unspecified atom stereocenters. The van der Waals surface area contributed by atoms with Gasteiger partial charge in [-0.2, -0.15) is 0 Å². The molecule has 0 radical (unpaired) electrons. The van der Waals surface area contributed by atoms with Crippen molar-refractivity contribution in [1.82, 2.24) is 10.9 Å². The number of benzene rings is 2. The van der Waals surface area contributed by atoms with E-state index < -0.39 is 30.3 Å². The Hall–Kier alpha value is -4.08. The lowest BCUT2D eigenvalue weighted by Crippen LogP contribution is -2.43. The van der Waals surface area contributed by atoms with Crippen LogP contribution in [0.3, 0.4) is 0 Å². The van der Waals surface area contributed by atoms with Crippen LogP contribution in [0.5, 0.6) is 11.5 Å². The monoisotopic (exact) mass is 441 g/mol. The SMILES string of the molecule is COc1ccc(N2C[C@@H](C(=O)OCC(=O)NNC(=O)c3ccccc3)CC2=O)c(OC)c1. The molecule has 1 aliphatic rings. The molecule has 1 atom stereocenters. The van der Waals surface area contributed by atoms with E-state index in [2.05, 4.69) is 10.9 Å². The minimum atomic E-state index is -0.735. The van der Waals surface area contributed by atoms with Crippen molar-refractivity contribution < 1.29 is 33.4 Å². The third-order valence-electron chi connectivity index (χ3n) is 4.83. The Bertz CT molecular complexity index is 1010. The first-order valence-corrected chi connectivity index (χ1v) is 9.76. The summed E-state index contributed by atoms with van der Waals surface area (Å²) >= 11 is 0. The maximum atomic E-state index is 12.5. The number of ether oxygens (including phenoxy) is 3. The number of hydrogen-bond acceptors (Lipinski definition) is 7. The number of anilines is 1. The quantitative estimate of drug-likeness (QED) is 0.486. The molecule has 1 saturated heterocycles. The average molecular weight is 441 g/mol. The lowest BCUT2D eigenvalue weighted by atomic mass is 10.1. The number of nitrogens with zero attached hydrogens (tertiary/aromatic N) is 1. The Balaban J connectivity index is 1.50. The topological polar surface area (TPSA) is 123 Å². The first kappa shape index (κ1) is 22.6. The molecule has 0 aromatic heterocycles. The number of nitrogens with one attached hydrogen (secondary N) is 2. The van der Waals surface area contributed by atoms with E-state index in [-0.39, 0.29) is 18.9 Å². The van der Waals surface area contributed by atoms with Crippen LogP contribution in [0.25, 0.3) is 0 Å². The molecule has 32 heavy (non-hydrogen) atoms. The van der Waals surface area contributed by atoms with Crippen molar-refractivity contribution in [3.05, 3.63) is 54.1 Å². The second-order valence-electron chi connectivity index (χ2n) is 6.92. The molecule has 0 bridgehead atoms. The van der Waals surface area contributed by atoms with Gasteiger partial charge < -0.3 is 19.1 Å². The molecule has 3 rings (SSSR count). The molecule has 0 aliphatic carbocycles. The van der Waals surface area contributed by atoms with Gasteiger partial charge in [0.15, 0.2) is 6.61 Å². The van der Waals surface area contributed by atoms with Gasteiger partial charge in [-0.05, 0) is 24.3 Å². The van der Waals surface area contributed by atoms with Crippen LogP contribution in [-0.2, 0) is 19.1 Å². The van der Waals surface area contributed by atoms with E-state index >= 15 is 0 Å². The summed E-state index contributed by atoms with van der Waals surface area (Å²) < 4.78 is 15.5. The van der Waals surface area contributed by atoms with Crippen LogP contribution < -0.4 is 25.2 Å². The molecule has 0 saturated carbocycles. The first-order valence-electron chi connectivity index (χ1n) is 9.76. The summed E-state index contributed by atoms with van der Waals surface area (Å²) in [6.07, 6.45) is -0.0552. The van der Waals surface area contributed by atoms with Crippen molar-refractivity contribution in [2.45, 2.75) is 6.42 Å². The van der Waals surface area contributed by atoms with Gasteiger partial charge in [-0.3, -0.25) is 30.0 Å². The molecule has 168 valence electrons. The highest BCUT2D eigenvalue weighted by Crippen LogP contribution is 2.35. The van der Waals surface area contributed by atoms with Crippen LogP contribution in [0.15, 0.2) is 48.5 Å². The molecule has 1 fully saturated rings. The molecule has 1 heterocycles. The fourth-order valence-corrected chi connectivity index (χ4v) is 3.18. The summed E-state index contributed by atoms with van der Waals surface area (Å²) in [7, 11) is 2.99. The minimum absolute atomic E-state index is 0.0552. The smallest absolute Gasteiger partial charge is 0.311 e. The maximum absolute atomic E-state index is 12.5. The third-order valence-corrected chi connectivity index (χ3v) is 4.83. The Morgan fingerprint density at radius 3 is 2.47 bits per heavy atom. The van der Waals surface area contributed by atoms with Gasteiger partial charge in [-0.25, -0.2) is 0 Å². The van der Waals surface area contributed by atoms with E-state index in [1.54, 1.807) is 48.5 Å². The lowest BCUT2D eigenvalue weighted by Gasteiger charge is -2.20. The largest absolute Gasteiger partial charge is 0.497 e. The van der Waals surface area contributed by atoms with E-state index in [0.717, 1.165) is 0 Å². The van der Waals surface area contributed by atoms with Crippen LogP contribution in [-0.4, -0.2) is 51.1 Å². The predicted molar refractivity (Wildman–Crippen MR) is 113 cm³/mol. The van der Waals surface area contributed by atoms with E-state index in [1.807, 2.05) is 0 Å². The molecule has 2 aromatic carbocycles. The fourth-order valence-electron chi connectivity index (χ4n) is 3.18. The van der Waals surface area contributed by atoms with Gasteiger partial charge in [0.1, 0.15) is 11.5 Å². The molecular weight excluding hydrogens is 418 g/mol. The van der Waals surface area contributed by atoms with Crippen LogP contribution in [0.2, 0.25) is 0 Å². The van der Waals surface area contributed by atoms with Crippen LogP contribution in [0, 0.1) is 5.92 Å². The molecule has 3 amide bonds. The molecule has 10 heteroatoms. The Kier molecular flexibility index (Phi) is 7.27. The predicted octanol–water partition coefficient (Wildman–Crippen LogP) is 1.06. The number of amides is 3. The first-order chi connectivity index (χ1) is 15.4. The summed E-state index contributed by atoms with van der Waals surface area (Å²) in [4.78, 5) is 50.1. The third kappa shape index (κ3) is 5.34. The zero-order valence-electron chi connectivity index (χ0n) is 17.6. The average Bonchev–Trinajstić information content (AvgIpc) is 3.22. The lowest BCUT2D eigenvalue weighted by molar-refractivity contribution is -0.152. The Morgan fingerprint density at radius 1 is 1.03 bits per heavy atom. The highest BCUT2D eigenvalue weighted by atomic mass is 16.5. The number of hydrogen-bond donors (Lipinski definition) is 2. The second kappa shape index (κ2) is 10.3. The number of carbonyl (C=O) groups is 4. The molecule has 1 aliphatic heterocycles. The number of methoxy groups -OCH3 is 2. The van der Waals surface area contributed by atoms with E-state index in [9.17, 15) is 19.2 Å². The fraction of sp³-hybridized carbons (Fsp3) is 0.273. The van der Waals surface area contributed by atoms with Crippen LogP contribution in [0.4, 0.5) is 5.69 Å². The van der Waals surface area contributed by atoms with E-state index in [4.69, 9.17) is 14.2 Å². The second-order valence-corrected chi connectivity index (χ2v) is 6.92. The zero-order valence-corrected chi connectivity index (χ0v) is 17.6. The van der Waals surface area contributed by atoms with Gasteiger partial charge in [0.25, 0.3) is 11.8 Å². The van der Waals surface area contributed by atoms with Gasteiger partial charge in [-0.1, -0.05) is 18.2 Å². The highest BCUT2D eigenvalue weighted by Gasteiger charge is 2.37. The van der Waals surface area contributed by atoms with Crippen molar-refractivity contribution >= 4 is 29.4 Å². The molecule has 2 aromatic rings. The highest BCUT2D eigenvalue weighted by molar-refractivity contribution is 6.01. The Morgan fingerprint density at radius 2 is 1.78 bits per heavy atom. The molecule has 10 nitrogen and oxygen atoms in total. The summed E-state index contributed by atoms with van der Waals surface area (Å²) in [5.41, 5.74) is 5.28. The molecule has 2 N–H and O–H groups in total. The summed E-state index contributed by atoms with van der Waals surface area (Å²) in [6.45, 7) is -0.503. The number of hydrazine groups is 1. The summed E-state index contributed by atoms with van der Waals surface area (Å²) in [5, 5.41) is 0. The van der Waals surface area contributed by atoms with Crippen molar-refractivity contribution in [2.75, 3.05) is 32.3 Å². The zero-order chi connectivity index (χ0) is 23.1. The summed E-state index contributed by atoms with van der Waals surface area (Å²) in [6, 6.07) is 13.3. The molecule has 0 spiro atoms. The van der Waals surface area contributed by atoms with Gasteiger partial charge in [-0.15, -0.1) is 0 Å². The number of rotatable bonds is 7. The van der Waals surface area contributed by atoms with Gasteiger partial charge >= 0.3 is 5.97 Å². The maximum Gasteiger partial charge on any atom is 0.311 e. The summed E-state index contributed by atoms with van der Waals surface area (Å²) in [5.74, 6) is -1.90. The van der Waals surface area contributed by atoms with Crippen molar-refractivity contribution in [2.24, 2.45) is 5.92 Å². The van der Waals surface area contributed by atoms with Crippen molar-refractivity contribution in [3.63, 3.8) is 0 Å².